The van der Waals surface area contributed by atoms with E-state index in [-0.39, 0.29) is 30.2 Å². The lowest BCUT2D eigenvalue weighted by Crippen LogP contribution is -2.62. The zero-order valence-corrected chi connectivity index (χ0v) is 19.8. The molecule has 0 spiro atoms. The van der Waals surface area contributed by atoms with Crippen molar-refractivity contribution in [3.8, 4) is 0 Å². The molecule has 0 aromatic heterocycles. The topological polar surface area (TPSA) is 128 Å². The van der Waals surface area contributed by atoms with Gasteiger partial charge in [0.05, 0.1) is 18.1 Å². The Hall–Kier alpha value is -3.40. The lowest BCUT2D eigenvalue weighted by molar-refractivity contribution is -0.168. The van der Waals surface area contributed by atoms with Gasteiger partial charge in [-0.1, -0.05) is 29.8 Å². The Labute approximate surface area is 193 Å². The molecule has 0 atom stereocenters. The van der Waals surface area contributed by atoms with Gasteiger partial charge >= 0.3 is 11.9 Å². The standard InChI is InChI=1S/C23H28N2O7S/c1-5-31-21(27)23(24-17(4)26,22(28)32-6-2)15-18-8-7-9-19(14-18)25-33(29,30)20-12-10-16(3)11-13-20/h7-14,25H,5-6,15H2,1-4H3,(H,24,26). The number of hydrogen-bond donors (Lipinski definition) is 2. The molecule has 10 heteroatoms. The largest absolute Gasteiger partial charge is 0.464 e. The summed E-state index contributed by atoms with van der Waals surface area (Å²) in [6.45, 7) is 6.12. The second kappa shape index (κ2) is 11.0. The summed E-state index contributed by atoms with van der Waals surface area (Å²) >= 11 is 0. The molecule has 0 heterocycles. The number of sulfonamides is 1. The van der Waals surface area contributed by atoms with E-state index < -0.39 is 33.4 Å². The maximum Gasteiger partial charge on any atom is 0.344 e. The number of carbonyl (C=O) groups is 3. The Morgan fingerprint density at radius 2 is 1.52 bits per heavy atom. The van der Waals surface area contributed by atoms with Crippen molar-refractivity contribution in [3.05, 3.63) is 59.7 Å². The van der Waals surface area contributed by atoms with Crippen LogP contribution in [0.3, 0.4) is 0 Å². The number of rotatable bonds is 10. The molecule has 178 valence electrons. The van der Waals surface area contributed by atoms with Crippen LogP contribution in [0.5, 0.6) is 0 Å². The maximum atomic E-state index is 12.8. The van der Waals surface area contributed by atoms with Crippen LogP contribution in [-0.4, -0.2) is 45.0 Å². The van der Waals surface area contributed by atoms with E-state index >= 15 is 0 Å². The van der Waals surface area contributed by atoms with Gasteiger partial charge in [-0.2, -0.15) is 0 Å². The molecule has 2 aromatic rings. The maximum absolute atomic E-state index is 12.8. The molecule has 0 aliphatic heterocycles. The molecule has 0 saturated heterocycles. The van der Waals surface area contributed by atoms with E-state index in [1.54, 1.807) is 38.1 Å². The summed E-state index contributed by atoms with van der Waals surface area (Å²) in [6, 6.07) is 12.5. The first-order valence-electron chi connectivity index (χ1n) is 10.4. The highest BCUT2D eigenvalue weighted by Crippen LogP contribution is 2.23. The first-order valence-corrected chi connectivity index (χ1v) is 11.8. The minimum atomic E-state index is -3.86. The van der Waals surface area contributed by atoms with Crippen molar-refractivity contribution < 1.29 is 32.3 Å². The van der Waals surface area contributed by atoms with Crippen LogP contribution in [0.2, 0.25) is 0 Å². The van der Waals surface area contributed by atoms with Crippen molar-refractivity contribution in [2.45, 2.75) is 44.6 Å². The monoisotopic (exact) mass is 476 g/mol. The number of esters is 2. The van der Waals surface area contributed by atoms with E-state index in [1.165, 1.54) is 31.2 Å². The summed E-state index contributed by atoms with van der Waals surface area (Å²) < 4.78 is 38.1. The molecule has 2 N–H and O–H groups in total. The molecular formula is C23H28N2O7S. The quantitative estimate of drug-likeness (QED) is 0.398. The molecule has 0 saturated carbocycles. The smallest absolute Gasteiger partial charge is 0.344 e. The molecule has 0 aliphatic carbocycles. The summed E-state index contributed by atoms with van der Waals surface area (Å²) in [5.41, 5.74) is -0.582. The van der Waals surface area contributed by atoms with Gasteiger partial charge in [-0.3, -0.25) is 9.52 Å². The second-order valence-corrected chi connectivity index (χ2v) is 9.01. The molecule has 0 aliphatic rings. The van der Waals surface area contributed by atoms with Crippen LogP contribution in [0.1, 0.15) is 31.9 Å². The number of aryl methyl sites for hydroxylation is 1. The number of hydrogen-bond acceptors (Lipinski definition) is 7. The number of nitrogens with one attached hydrogen (secondary N) is 2. The number of amides is 1. The van der Waals surface area contributed by atoms with Gasteiger partial charge < -0.3 is 14.8 Å². The zero-order valence-electron chi connectivity index (χ0n) is 19.0. The van der Waals surface area contributed by atoms with Crippen molar-refractivity contribution in [1.29, 1.82) is 0 Å². The Morgan fingerprint density at radius 3 is 2.03 bits per heavy atom. The van der Waals surface area contributed by atoms with Crippen LogP contribution in [-0.2, 0) is 40.3 Å². The van der Waals surface area contributed by atoms with Gasteiger partial charge in [-0.15, -0.1) is 0 Å². The first-order chi connectivity index (χ1) is 15.5. The molecular weight excluding hydrogens is 448 g/mol. The fourth-order valence-electron chi connectivity index (χ4n) is 3.17. The molecule has 33 heavy (non-hydrogen) atoms. The van der Waals surface area contributed by atoms with E-state index in [0.717, 1.165) is 5.56 Å². The first kappa shape index (κ1) is 25.9. The van der Waals surface area contributed by atoms with Crippen molar-refractivity contribution in [2.75, 3.05) is 17.9 Å². The van der Waals surface area contributed by atoms with Gasteiger partial charge in [0.25, 0.3) is 10.0 Å². The number of benzene rings is 2. The van der Waals surface area contributed by atoms with Crippen LogP contribution in [0.25, 0.3) is 0 Å². The minimum Gasteiger partial charge on any atom is -0.464 e. The average molecular weight is 477 g/mol. The third kappa shape index (κ3) is 6.55. The summed E-state index contributed by atoms with van der Waals surface area (Å²) in [5.74, 6) is -2.57. The van der Waals surface area contributed by atoms with E-state index in [0.29, 0.717) is 5.56 Å². The van der Waals surface area contributed by atoms with Gasteiger partial charge in [-0.25, -0.2) is 18.0 Å². The van der Waals surface area contributed by atoms with E-state index in [4.69, 9.17) is 9.47 Å². The predicted molar refractivity (Wildman–Crippen MR) is 122 cm³/mol. The fraction of sp³-hybridized carbons (Fsp3) is 0.348. The van der Waals surface area contributed by atoms with E-state index in [9.17, 15) is 22.8 Å². The van der Waals surface area contributed by atoms with Gasteiger partial charge in [0, 0.05) is 19.0 Å². The second-order valence-electron chi connectivity index (χ2n) is 7.32. The summed E-state index contributed by atoms with van der Waals surface area (Å²) in [5, 5.41) is 2.38. The van der Waals surface area contributed by atoms with Crippen molar-refractivity contribution in [2.24, 2.45) is 0 Å². The van der Waals surface area contributed by atoms with Crippen LogP contribution in [0, 0.1) is 6.92 Å². The molecule has 2 rings (SSSR count). The van der Waals surface area contributed by atoms with E-state index in [2.05, 4.69) is 10.0 Å². The van der Waals surface area contributed by atoms with Gasteiger partial charge in [0.15, 0.2) is 0 Å². The summed E-state index contributed by atoms with van der Waals surface area (Å²) in [7, 11) is -3.86. The fourth-order valence-corrected chi connectivity index (χ4v) is 4.21. The molecule has 0 bridgehead atoms. The van der Waals surface area contributed by atoms with Crippen molar-refractivity contribution >= 4 is 33.6 Å². The Bertz CT molecular complexity index is 1090. The number of ether oxygens (including phenoxy) is 2. The average Bonchev–Trinajstić information content (AvgIpc) is 2.73. The highest BCUT2D eigenvalue weighted by molar-refractivity contribution is 7.92. The number of carbonyl (C=O) groups excluding carboxylic acids is 3. The lowest BCUT2D eigenvalue weighted by atomic mass is 9.90. The molecule has 0 unspecified atom stereocenters. The summed E-state index contributed by atoms with van der Waals surface area (Å²) in [4.78, 5) is 37.6. The van der Waals surface area contributed by atoms with Gasteiger partial charge in [-0.05, 0) is 50.6 Å². The van der Waals surface area contributed by atoms with Crippen LogP contribution >= 0.6 is 0 Å². The zero-order chi connectivity index (χ0) is 24.6. The molecule has 2 aromatic carbocycles. The molecule has 1 amide bonds. The highest BCUT2D eigenvalue weighted by atomic mass is 32.2. The predicted octanol–water partition coefficient (Wildman–Crippen LogP) is 2.34. The van der Waals surface area contributed by atoms with Crippen molar-refractivity contribution in [3.63, 3.8) is 0 Å². The number of anilines is 1. The Balaban J connectivity index is 2.42. The Kier molecular flexibility index (Phi) is 8.58. The normalized spacial score (nSPS) is 11.4. The van der Waals surface area contributed by atoms with Gasteiger partial charge in [0.1, 0.15) is 0 Å². The lowest BCUT2D eigenvalue weighted by Gasteiger charge is -2.29. The molecule has 9 nitrogen and oxygen atoms in total. The van der Waals surface area contributed by atoms with Crippen molar-refractivity contribution in [1.82, 2.24) is 5.32 Å². The Morgan fingerprint density at radius 1 is 0.939 bits per heavy atom. The van der Waals surface area contributed by atoms with E-state index in [1.807, 2.05) is 6.92 Å². The third-order valence-corrected chi connectivity index (χ3v) is 6.01. The van der Waals surface area contributed by atoms with Crippen LogP contribution in [0.15, 0.2) is 53.4 Å². The third-order valence-electron chi connectivity index (χ3n) is 4.62. The molecule has 0 radical (unpaired) electrons. The van der Waals surface area contributed by atoms with Crippen LogP contribution in [0.4, 0.5) is 5.69 Å². The van der Waals surface area contributed by atoms with Crippen LogP contribution < -0.4 is 10.0 Å². The minimum absolute atomic E-state index is 0.0179. The summed E-state index contributed by atoms with van der Waals surface area (Å²) in [6.07, 6.45) is -0.301. The molecule has 0 fully saturated rings. The highest BCUT2D eigenvalue weighted by Gasteiger charge is 2.50. The van der Waals surface area contributed by atoms with Gasteiger partial charge in [0.2, 0.25) is 11.4 Å². The SMILES string of the molecule is CCOC(=O)C(Cc1cccc(NS(=O)(=O)c2ccc(C)cc2)c1)(NC(C)=O)C(=O)OCC.